The van der Waals surface area contributed by atoms with Gasteiger partial charge in [-0.05, 0) is 12.1 Å². The van der Waals surface area contributed by atoms with Crippen molar-refractivity contribution in [2.24, 2.45) is 0 Å². The molecule has 1 aromatic carbocycles. The molecule has 0 atom stereocenters. The van der Waals surface area contributed by atoms with Gasteiger partial charge in [0.05, 0.1) is 36.2 Å². The fourth-order valence-corrected chi connectivity index (χ4v) is 1.94. The molecule has 0 aliphatic heterocycles. The molecule has 106 valence electrons. The van der Waals surface area contributed by atoms with Crippen molar-refractivity contribution >= 4 is 23.2 Å². The van der Waals surface area contributed by atoms with Crippen LogP contribution < -0.4 is 5.32 Å². The second-order valence-corrected chi connectivity index (χ2v) is 4.60. The highest BCUT2D eigenvalue weighted by Gasteiger charge is 2.06. The third-order valence-electron chi connectivity index (χ3n) is 2.84. The standard InChI is InChI=1S/C14H12ClN5O/c15-6-14(21)18-11-7-16-19(9-11)13-8-17-20(10-13)12-4-2-1-3-5-12/h1-5,7-10H,6H2,(H,18,21). The quantitative estimate of drug-likeness (QED) is 0.752. The van der Waals surface area contributed by atoms with E-state index in [4.69, 9.17) is 11.6 Å². The van der Waals surface area contributed by atoms with Gasteiger partial charge in [0.1, 0.15) is 11.6 Å². The first-order chi connectivity index (χ1) is 10.3. The molecule has 2 heterocycles. The summed E-state index contributed by atoms with van der Waals surface area (Å²) in [6.07, 6.45) is 6.82. The van der Waals surface area contributed by atoms with Gasteiger partial charge in [-0.15, -0.1) is 11.6 Å². The van der Waals surface area contributed by atoms with Crippen LogP contribution in [0.15, 0.2) is 55.1 Å². The Morgan fingerprint density at radius 2 is 1.76 bits per heavy atom. The first-order valence-electron chi connectivity index (χ1n) is 6.27. The maximum atomic E-state index is 11.2. The molecule has 0 aliphatic rings. The molecule has 0 fully saturated rings. The summed E-state index contributed by atoms with van der Waals surface area (Å²) < 4.78 is 3.39. The lowest BCUT2D eigenvalue weighted by Gasteiger charge is -1.99. The monoisotopic (exact) mass is 301 g/mol. The second-order valence-electron chi connectivity index (χ2n) is 4.33. The van der Waals surface area contributed by atoms with Crippen molar-refractivity contribution < 1.29 is 4.79 Å². The predicted octanol–water partition coefficient (Wildman–Crippen LogP) is 2.24. The summed E-state index contributed by atoms with van der Waals surface area (Å²) in [5.74, 6) is -0.354. The van der Waals surface area contributed by atoms with E-state index >= 15 is 0 Å². The van der Waals surface area contributed by atoms with E-state index in [0.29, 0.717) is 5.69 Å². The van der Waals surface area contributed by atoms with Crippen molar-refractivity contribution in [1.29, 1.82) is 0 Å². The van der Waals surface area contributed by atoms with Gasteiger partial charge in [-0.25, -0.2) is 9.36 Å². The van der Waals surface area contributed by atoms with Crippen LogP contribution in [0, 0.1) is 0 Å². The SMILES string of the molecule is O=C(CCl)Nc1cnn(-c2cnn(-c3ccccc3)c2)c1. The van der Waals surface area contributed by atoms with Gasteiger partial charge in [-0.2, -0.15) is 10.2 Å². The number of nitrogens with zero attached hydrogens (tertiary/aromatic N) is 4. The number of alkyl halides is 1. The number of carbonyl (C=O) groups excluding carboxylic acids is 1. The Balaban J connectivity index is 1.82. The Morgan fingerprint density at radius 3 is 2.52 bits per heavy atom. The largest absolute Gasteiger partial charge is 0.322 e. The third kappa shape index (κ3) is 2.95. The Morgan fingerprint density at radius 1 is 1.05 bits per heavy atom. The Bertz CT molecular complexity index is 750. The molecule has 2 aromatic heterocycles. The van der Waals surface area contributed by atoms with Crippen LogP contribution in [0.5, 0.6) is 0 Å². The average Bonchev–Trinajstić information content (AvgIpc) is 3.17. The Kier molecular flexibility index (Phi) is 3.70. The van der Waals surface area contributed by atoms with Crippen LogP contribution in [-0.2, 0) is 4.79 Å². The molecule has 6 nitrogen and oxygen atoms in total. The van der Waals surface area contributed by atoms with Crippen LogP contribution in [0.4, 0.5) is 5.69 Å². The van der Waals surface area contributed by atoms with Gasteiger partial charge in [-0.1, -0.05) is 18.2 Å². The number of hydrogen-bond acceptors (Lipinski definition) is 3. The van der Waals surface area contributed by atoms with Gasteiger partial charge in [0, 0.05) is 0 Å². The number of carbonyl (C=O) groups is 1. The van der Waals surface area contributed by atoms with Crippen LogP contribution >= 0.6 is 11.6 Å². The first kappa shape index (κ1) is 13.4. The molecule has 0 radical (unpaired) electrons. The van der Waals surface area contributed by atoms with E-state index in [0.717, 1.165) is 11.4 Å². The molecule has 1 amide bonds. The summed E-state index contributed by atoms with van der Waals surface area (Å²) in [7, 11) is 0. The number of benzene rings is 1. The molecule has 7 heteroatoms. The third-order valence-corrected chi connectivity index (χ3v) is 3.08. The molecule has 0 spiro atoms. The van der Waals surface area contributed by atoms with Crippen LogP contribution in [0.1, 0.15) is 0 Å². The van der Waals surface area contributed by atoms with E-state index in [9.17, 15) is 4.79 Å². The zero-order valence-electron chi connectivity index (χ0n) is 11.0. The first-order valence-corrected chi connectivity index (χ1v) is 6.80. The number of anilines is 1. The maximum absolute atomic E-state index is 11.2. The number of halogens is 1. The fraction of sp³-hybridized carbons (Fsp3) is 0.0714. The van der Waals surface area contributed by atoms with E-state index in [1.165, 1.54) is 0 Å². The molecular weight excluding hydrogens is 290 g/mol. The molecule has 0 bridgehead atoms. The molecule has 21 heavy (non-hydrogen) atoms. The van der Waals surface area contributed by atoms with Crippen LogP contribution in [0.2, 0.25) is 0 Å². The second kappa shape index (κ2) is 5.80. The van der Waals surface area contributed by atoms with Gasteiger partial charge in [0.25, 0.3) is 0 Å². The lowest BCUT2D eigenvalue weighted by atomic mass is 10.3. The van der Waals surface area contributed by atoms with Crippen LogP contribution in [-0.4, -0.2) is 31.3 Å². The molecule has 3 rings (SSSR count). The summed E-state index contributed by atoms with van der Waals surface area (Å²) in [4.78, 5) is 11.2. The lowest BCUT2D eigenvalue weighted by molar-refractivity contribution is -0.113. The summed E-state index contributed by atoms with van der Waals surface area (Å²) in [5, 5.41) is 11.1. The summed E-state index contributed by atoms with van der Waals surface area (Å²) in [5.41, 5.74) is 2.35. The maximum Gasteiger partial charge on any atom is 0.239 e. The molecule has 0 aliphatic carbocycles. The normalized spacial score (nSPS) is 10.5. The minimum absolute atomic E-state index is 0.0862. The van der Waals surface area contributed by atoms with Gasteiger partial charge < -0.3 is 5.32 Å². The molecule has 3 aromatic rings. The predicted molar refractivity (Wildman–Crippen MR) is 80.0 cm³/mol. The number of nitrogens with one attached hydrogen (secondary N) is 1. The van der Waals surface area contributed by atoms with Crippen molar-refractivity contribution in [2.75, 3.05) is 11.2 Å². The number of hydrogen-bond donors (Lipinski definition) is 1. The number of rotatable bonds is 4. The van der Waals surface area contributed by atoms with Crippen molar-refractivity contribution in [1.82, 2.24) is 19.6 Å². The zero-order chi connectivity index (χ0) is 14.7. The topological polar surface area (TPSA) is 64.7 Å². The van der Waals surface area contributed by atoms with E-state index in [2.05, 4.69) is 15.5 Å². The Labute approximate surface area is 126 Å². The van der Waals surface area contributed by atoms with E-state index in [1.54, 1.807) is 28.0 Å². The Hall–Kier alpha value is -2.60. The smallest absolute Gasteiger partial charge is 0.239 e. The molecule has 0 saturated carbocycles. The minimum atomic E-state index is -0.267. The summed E-state index contributed by atoms with van der Waals surface area (Å²) >= 11 is 5.44. The highest BCUT2D eigenvalue weighted by Crippen LogP contribution is 2.13. The van der Waals surface area contributed by atoms with Crippen molar-refractivity contribution in [3.8, 4) is 11.4 Å². The van der Waals surface area contributed by atoms with E-state index in [1.807, 2.05) is 36.5 Å². The number of para-hydroxylation sites is 1. The fourth-order valence-electron chi connectivity index (χ4n) is 1.88. The molecule has 0 saturated heterocycles. The van der Waals surface area contributed by atoms with Gasteiger partial charge in [-0.3, -0.25) is 4.79 Å². The van der Waals surface area contributed by atoms with Crippen molar-refractivity contribution in [3.63, 3.8) is 0 Å². The minimum Gasteiger partial charge on any atom is -0.322 e. The summed E-state index contributed by atoms with van der Waals surface area (Å²) in [6.45, 7) is 0. The summed E-state index contributed by atoms with van der Waals surface area (Å²) in [6, 6.07) is 9.78. The zero-order valence-corrected chi connectivity index (χ0v) is 11.7. The van der Waals surface area contributed by atoms with Gasteiger partial charge >= 0.3 is 0 Å². The highest BCUT2D eigenvalue weighted by molar-refractivity contribution is 6.29. The van der Waals surface area contributed by atoms with Gasteiger partial charge in [0.2, 0.25) is 5.91 Å². The molecular formula is C14H12ClN5O. The van der Waals surface area contributed by atoms with Crippen LogP contribution in [0.3, 0.4) is 0 Å². The van der Waals surface area contributed by atoms with Gasteiger partial charge in [0.15, 0.2) is 0 Å². The molecule has 1 N–H and O–H groups in total. The number of aromatic nitrogens is 4. The van der Waals surface area contributed by atoms with Crippen molar-refractivity contribution in [3.05, 3.63) is 55.1 Å². The van der Waals surface area contributed by atoms with E-state index < -0.39 is 0 Å². The van der Waals surface area contributed by atoms with E-state index in [-0.39, 0.29) is 11.8 Å². The average molecular weight is 302 g/mol. The molecule has 0 unspecified atom stereocenters. The number of amides is 1. The highest BCUT2D eigenvalue weighted by atomic mass is 35.5. The van der Waals surface area contributed by atoms with Crippen molar-refractivity contribution in [2.45, 2.75) is 0 Å². The lowest BCUT2D eigenvalue weighted by Crippen LogP contribution is -2.11. The van der Waals surface area contributed by atoms with Crippen LogP contribution in [0.25, 0.3) is 11.4 Å².